The molecule has 0 amide bonds. The molecule has 7 heteroatoms. The van der Waals surface area contributed by atoms with E-state index in [0.29, 0.717) is 0 Å². The molecule has 1 aromatic heterocycles. The third-order valence-electron chi connectivity index (χ3n) is 3.93. The molecule has 0 radical (unpaired) electrons. The Labute approximate surface area is 131 Å². The van der Waals surface area contributed by atoms with Crippen molar-refractivity contribution in [1.29, 1.82) is 0 Å². The van der Waals surface area contributed by atoms with E-state index in [1.54, 1.807) is 26.8 Å². The van der Waals surface area contributed by atoms with Gasteiger partial charge in [0.1, 0.15) is 0 Å². The second kappa shape index (κ2) is 5.03. The van der Waals surface area contributed by atoms with Gasteiger partial charge in [-0.15, -0.1) is 0 Å². The van der Waals surface area contributed by atoms with E-state index in [2.05, 4.69) is 9.71 Å². The first-order chi connectivity index (χ1) is 9.86. The highest BCUT2D eigenvalue weighted by molar-refractivity contribution is 7.89. The molecule has 6 nitrogen and oxygen atoms in total. The fraction of sp³-hybridized carbons (Fsp3) is 0.600. The summed E-state index contributed by atoms with van der Waals surface area (Å²) in [5.41, 5.74) is -0.170. The van der Waals surface area contributed by atoms with Crippen molar-refractivity contribution in [3.8, 4) is 0 Å². The zero-order valence-electron chi connectivity index (χ0n) is 13.4. The van der Waals surface area contributed by atoms with Crippen molar-refractivity contribution in [2.45, 2.75) is 51.1 Å². The number of carboxylic acids is 1. The summed E-state index contributed by atoms with van der Waals surface area (Å²) in [6.07, 6.45) is 1.46. The molecule has 0 aromatic carbocycles. The summed E-state index contributed by atoms with van der Waals surface area (Å²) in [4.78, 5) is 15.2. The van der Waals surface area contributed by atoms with Crippen molar-refractivity contribution in [2.75, 3.05) is 0 Å². The van der Waals surface area contributed by atoms with Crippen LogP contribution in [0.3, 0.4) is 0 Å². The third-order valence-corrected chi connectivity index (χ3v) is 5.60. The van der Waals surface area contributed by atoms with Crippen molar-refractivity contribution >= 4 is 16.0 Å². The Morgan fingerprint density at radius 1 is 1.32 bits per heavy atom. The number of aliphatic carboxylic acids is 1. The standard InChI is InChI=1S/C15H22N2O4S/c1-14(2,3)17-22(20,21)10-7-6-9(8-16-10)11-12(13(18)19)15(11,4)5/h6-8,11-12,17H,1-5H3,(H,18,19)/t11-,12+/m0/s1. The van der Waals surface area contributed by atoms with Crippen LogP contribution in [0.1, 0.15) is 46.1 Å². The van der Waals surface area contributed by atoms with Gasteiger partial charge >= 0.3 is 5.97 Å². The molecule has 1 aromatic rings. The maximum absolute atomic E-state index is 12.2. The number of carboxylic acid groups (broad SMARTS) is 1. The first-order valence-electron chi connectivity index (χ1n) is 7.09. The normalized spacial score (nSPS) is 24.0. The monoisotopic (exact) mass is 326 g/mol. The average molecular weight is 326 g/mol. The van der Waals surface area contributed by atoms with Crippen LogP contribution in [0, 0.1) is 11.3 Å². The summed E-state index contributed by atoms with van der Waals surface area (Å²) < 4.78 is 26.9. The highest BCUT2D eigenvalue weighted by Gasteiger charge is 2.62. The summed E-state index contributed by atoms with van der Waals surface area (Å²) in [7, 11) is -3.68. The number of aromatic nitrogens is 1. The van der Waals surface area contributed by atoms with Gasteiger partial charge in [-0.2, -0.15) is 0 Å². The predicted molar refractivity (Wildman–Crippen MR) is 82.0 cm³/mol. The lowest BCUT2D eigenvalue weighted by atomic mass is 10.1. The van der Waals surface area contributed by atoms with E-state index >= 15 is 0 Å². The number of sulfonamides is 1. The minimum atomic E-state index is -3.68. The van der Waals surface area contributed by atoms with E-state index in [1.807, 2.05) is 13.8 Å². The molecule has 0 saturated heterocycles. The minimum Gasteiger partial charge on any atom is -0.481 e. The van der Waals surface area contributed by atoms with E-state index in [4.69, 9.17) is 0 Å². The summed E-state index contributed by atoms with van der Waals surface area (Å²) in [6.45, 7) is 9.04. The molecule has 0 unspecified atom stereocenters. The fourth-order valence-electron chi connectivity index (χ4n) is 2.91. The summed E-state index contributed by atoms with van der Waals surface area (Å²) in [5, 5.41) is 9.15. The lowest BCUT2D eigenvalue weighted by Gasteiger charge is -2.19. The van der Waals surface area contributed by atoms with E-state index in [0.717, 1.165) is 5.56 Å². The number of nitrogens with one attached hydrogen (secondary N) is 1. The Kier molecular flexibility index (Phi) is 3.86. The van der Waals surface area contributed by atoms with Gasteiger partial charge in [-0.05, 0) is 37.8 Å². The molecule has 2 rings (SSSR count). The molecule has 0 spiro atoms. The minimum absolute atomic E-state index is 0.0588. The molecule has 1 fully saturated rings. The van der Waals surface area contributed by atoms with Gasteiger partial charge in [-0.3, -0.25) is 4.79 Å². The number of hydrogen-bond acceptors (Lipinski definition) is 4. The van der Waals surface area contributed by atoms with Gasteiger partial charge < -0.3 is 5.11 Å². The van der Waals surface area contributed by atoms with Crippen molar-refractivity contribution in [3.63, 3.8) is 0 Å². The van der Waals surface area contributed by atoms with Crippen LogP contribution < -0.4 is 4.72 Å². The quantitative estimate of drug-likeness (QED) is 0.882. The first-order valence-corrected chi connectivity index (χ1v) is 8.57. The maximum atomic E-state index is 12.2. The van der Waals surface area contributed by atoms with Crippen molar-refractivity contribution in [2.24, 2.45) is 11.3 Å². The summed E-state index contributed by atoms with van der Waals surface area (Å²) >= 11 is 0. The van der Waals surface area contributed by atoms with Crippen LogP contribution in [0.4, 0.5) is 0 Å². The van der Waals surface area contributed by atoms with Gasteiger partial charge in [-0.25, -0.2) is 18.1 Å². The SMILES string of the molecule is CC(C)(C)NS(=O)(=O)c1ccc([C@H]2[C@H](C(=O)O)C2(C)C)cn1. The Bertz CT molecular complexity index is 687. The van der Waals surface area contributed by atoms with Crippen LogP contribution in [-0.4, -0.2) is 30.0 Å². The molecule has 1 saturated carbocycles. The summed E-state index contributed by atoms with van der Waals surface area (Å²) in [6, 6.07) is 3.08. The second-order valence-corrected chi connectivity index (χ2v) is 9.03. The molecule has 122 valence electrons. The van der Waals surface area contributed by atoms with Gasteiger partial charge in [-0.1, -0.05) is 19.9 Å². The predicted octanol–water partition coefficient (Wildman–Crippen LogP) is 1.98. The molecule has 2 N–H and O–H groups in total. The number of carbonyl (C=O) groups is 1. The lowest BCUT2D eigenvalue weighted by molar-refractivity contribution is -0.139. The zero-order chi connectivity index (χ0) is 16.9. The molecular weight excluding hydrogens is 304 g/mol. The third kappa shape index (κ3) is 3.15. The van der Waals surface area contributed by atoms with Crippen molar-refractivity contribution in [3.05, 3.63) is 23.9 Å². The topological polar surface area (TPSA) is 96.4 Å². The lowest BCUT2D eigenvalue weighted by Crippen LogP contribution is -2.40. The van der Waals surface area contributed by atoms with E-state index < -0.39 is 27.4 Å². The molecular formula is C15H22N2O4S. The van der Waals surface area contributed by atoms with Gasteiger partial charge in [0.2, 0.25) is 0 Å². The maximum Gasteiger partial charge on any atom is 0.307 e. The van der Waals surface area contributed by atoms with E-state index in [9.17, 15) is 18.3 Å². The summed E-state index contributed by atoms with van der Waals surface area (Å²) in [5.74, 6) is -1.42. The van der Waals surface area contributed by atoms with Gasteiger partial charge in [0.15, 0.2) is 5.03 Å². The first kappa shape index (κ1) is 16.9. The van der Waals surface area contributed by atoms with Gasteiger partial charge in [0, 0.05) is 17.7 Å². The Morgan fingerprint density at radius 3 is 2.27 bits per heavy atom. The Balaban J connectivity index is 2.24. The van der Waals surface area contributed by atoms with E-state index in [-0.39, 0.29) is 16.4 Å². The zero-order valence-corrected chi connectivity index (χ0v) is 14.2. The van der Waals surface area contributed by atoms with E-state index in [1.165, 1.54) is 12.3 Å². The molecule has 0 aliphatic heterocycles. The van der Waals surface area contributed by atoms with Crippen LogP contribution in [-0.2, 0) is 14.8 Å². The highest BCUT2D eigenvalue weighted by Crippen LogP contribution is 2.64. The molecule has 1 heterocycles. The van der Waals surface area contributed by atoms with Gasteiger partial charge in [0.25, 0.3) is 10.0 Å². The smallest absolute Gasteiger partial charge is 0.307 e. The van der Waals surface area contributed by atoms with Crippen LogP contribution in [0.5, 0.6) is 0 Å². The number of rotatable bonds is 4. The molecule has 22 heavy (non-hydrogen) atoms. The van der Waals surface area contributed by atoms with Crippen LogP contribution in [0.15, 0.2) is 23.4 Å². The van der Waals surface area contributed by atoms with Crippen molar-refractivity contribution < 1.29 is 18.3 Å². The molecule has 1 aliphatic carbocycles. The second-order valence-electron chi connectivity index (χ2n) is 7.40. The number of pyridine rings is 1. The van der Waals surface area contributed by atoms with Crippen LogP contribution >= 0.6 is 0 Å². The Hall–Kier alpha value is -1.47. The molecule has 2 atom stereocenters. The van der Waals surface area contributed by atoms with Crippen LogP contribution in [0.2, 0.25) is 0 Å². The Morgan fingerprint density at radius 2 is 1.91 bits per heavy atom. The number of hydrogen-bond donors (Lipinski definition) is 2. The van der Waals surface area contributed by atoms with Gasteiger partial charge in [0.05, 0.1) is 5.92 Å². The molecule has 0 bridgehead atoms. The highest BCUT2D eigenvalue weighted by atomic mass is 32.2. The van der Waals surface area contributed by atoms with Crippen molar-refractivity contribution in [1.82, 2.24) is 9.71 Å². The fourth-order valence-corrected chi connectivity index (χ4v) is 4.26. The average Bonchev–Trinajstić information content (AvgIpc) is 2.89. The number of nitrogens with zero attached hydrogens (tertiary/aromatic N) is 1. The van der Waals surface area contributed by atoms with Crippen LogP contribution in [0.25, 0.3) is 0 Å². The largest absolute Gasteiger partial charge is 0.481 e. The molecule has 1 aliphatic rings.